The van der Waals surface area contributed by atoms with Crippen LogP contribution in [0.15, 0.2) is 11.8 Å². The number of rotatable bonds is 3. The fourth-order valence-corrected chi connectivity index (χ4v) is 6.21. The van der Waals surface area contributed by atoms with Crippen LogP contribution < -0.4 is 5.32 Å². The molecule has 2 heteroatoms. The predicted octanol–water partition coefficient (Wildman–Crippen LogP) is 3.49. The molecule has 1 N–H and O–H groups in total. The first-order valence-corrected chi connectivity index (χ1v) is 8.27. The zero-order chi connectivity index (χ0) is 12.9. The van der Waals surface area contributed by atoms with Crippen LogP contribution in [-0.2, 0) is 4.74 Å². The lowest BCUT2D eigenvalue weighted by molar-refractivity contribution is -0.0673. The Morgan fingerprint density at radius 3 is 2.26 bits per heavy atom. The largest absolute Gasteiger partial charge is 0.501 e. The summed E-state index contributed by atoms with van der Waals surface area (Å²) in [6, 6.07) is 0.584. The van der Waals surface area contributed by atoms with E-state index >= 15 is 0 Å². The van der Waals surface area contributed by atoms with Crippen molar-refractivity contribution in [2.24, 2.45) is 23.2 Å². The van der Waals surface area contributed by atoms with Crippen molar-refractivity contribution >= 4 is 0 Å². The van der Waals surface area contributed by atoms with Gasteiger partial charge in [-0.15, -0.1) is 0 Å². The van der Waals surface area contributed by atoms with Crippen molar-refractivity contribution in [3.63, 3.8) is 0 Å². The van der Waals surface area contributed by atoms with Crippen LogP contribution in [0.3, 0.4) is 0 Å². The minimum atomic E-state index is 0.566. The Kier molecular flexibility index (Phi) is 2.91. The summed E-state index contributed by atoms with van der Waals surface area (Å²) in [6.07, 6.45) is 13.6. The summed E-state index contributed by atoms with van der Waals surface area (Å²) < 4.78 is 5.63. The summed E-state index contributed by atoms with van der Waals surface area (Å²) in [4.78, 5) is 0. The molecule has 0 aromatic carbocycles. The van der Waals surface area contributed by atoms with Crippen LogP contribution in [-0.4, -0.2) is 19.7 Å². The smallest absolute Gasteiger partial charge is 0.0876 e. The van der Waals surface area contributed by atoms with Gasteiger partial charge in [0.15, 0.2) is 0 Å². The van der Waals surface area contributed by atoms with Crippen molar-refractivity contribution in [1.82, 2.24) is 5.32 Å². The van der Waals surface area contributed by atoms with E-state index in [0.29, 0.717) is 11.5 Å². The Labute approximate surface area is 117 Å². The van der Waals surface area contributed by atoms with Crippen LogP contribution in [0.2, 0.25) is 0 Å². The summed E-state index contributed by atoms with van der Waals surface area (Å²) in [6.45, 7) is 0.917. The second-order valence-corrected chi connectivity index (χ2v) is 7.67. The molecule has 0 aromatic heterocycles. The van der Waals surface area contributed by atoms with E-state index in [1.54, 1.807) is 5.57 Å². The third kappa shape index (κ3) is 1.94. The molecule has 1 unspecified atom stereocenters. The molecule has 5 aliphatic rings. The number of nitrogens with one attached hydrogen (secondary N) is 1. The molecule has 0 spiro atoms. The molecule has 1 aliphatic heterocycles. The maximum absolute atomic E-state index is 5.63. The molecule has 1 heterocycles. The molecule has 0 radical (unpaired) electrons. The minimum Gasteiger partial charge on any atom is -0.501 e. The summed E-state index contributed by atoms with van der Waals surface area (Å²) in [5, 5.41) is 3.68. The van der Waals surface area contributed by atoms with Crippen molar-refractivity contribution in [3.05, 3.63) is 11.8 Å². The molecular formula is C17H27NO. The summed E-state index contributed by atoms with van der Waals surface area (Å²) >= 11 is 0. The highest BCUT2D eigenvalue weighted by Crippen LogP contribution is 2.62. The van der Waals surface area contributed by atoms with Gasteiger partial charge in [-0.25, -0.2) is 0 Å². The lowest BCUT2D eigenvalue weighted by Gasteiger charge is -2.60. The van der Waals surface area contributed by atoms with E-state index < -0.39 is 0 Å². The molecule has 4 saturated carbocycles. The Morgan fingerprint density at radius 2 is 1.79 bits per heavy atom. The lowest BCUT2D eigenvalue weighted by atomic mass is 9.47. The van der Waals surface area contributed by atoms with E-state index in [2.05, 4.69) is 18.6 Å². The summed E-state index contributed by atoms with van der Waals surface area (Å²) in [5.74, 6) is 3.10. The topological polar surface area (TPSA) is 21.3 Å². The summed E-state index contributed by atoms with van der Waals surface area (Å²) in [5.41, 5.74) is 2.12. The number of likely N-dealkylation sites (N-methyl/N-ethyl adjacent to an activating group) is 1. The number of hydrogen-bond acceptors (Lipinski definition) is 2. The molecule has 0 saturated heterocycles. The molecule has 4 bridgehead atoms. The van der Waals surface area contributed by atoms with Crippen LogP contribution in [0.1, 0.15) is 51.4 Å². The summed E-state index contributed by atoms with van der Waals surface area (Å²) in [7, 11) is 2.17. The van der Waals surface area contributed by atoms with E-state index in [0.717, 1.165) is 24.4 Å². The second kappa shape index (κ2) is 4.51. The van der Waals surface area contributed by atoms with Gasteiger partial charge in [0.25, 0.3) is 0 Å². The van der Waals surface area contributed by atoms with E-state index in [-0.39, 0.29) is 0 Å². The third-order valence-electron chi connectivity index (χ3n) is 6.32. The standard InChI is InChI=1S/C17H27NO/c1-18-16(15-3-2-4-19-11-15)17-8-12-5-13(9-17)7-14(6-12)10-17/h11-14,16,18H,2-10H2,1H3. The quantitative estimate of drug-likeness (QED) is 0.839. The highest BCUT2D eigenvalue weighted by Gasteiger charge is 2.54. The Morgan fingerprint density at radius 1 is 1.16 bits per heavy atom. The first-order chi connectivity index (χ1) is 9.29. The molecule has 19 heavy (non-hydrogen) atoms. The van der Waals surface area contributed by atoms with Gasteiger partial charge in [0.2, 0.25) is 0 Å². The molecule has 5 rings (SSSR count). The van der Waals surface area contributed by atoms with Crippen molar-refractivity contribution in [1.29, 1.82) is 0 Å². The van der Waals surface area contributed by atoms with E-state index in [1.165, 1.54) is 51.4 Å². The Bertz CT molecular complexity index is 351. The van der Waals surface area contributed by atoms with Gasteiger partial charge in [0, 0.05) is 6.04 Å². The first-order valence-electron chi connectivity index (χ1n) is 8.27. The monoisotopic (exact) mass is 261 g/mol. The maximum Gasteiger partial charge on any atom is 0.0876 e. The van der Waals surface area contributed by atoms with Gasteiger partial charge < -0.3 is 10.1 Å². The van der Waals surface area contributed by atoms with Crippen LogP contribution in [0.5, 0.6) is 0 Å². The van der Waals surface area contributed by atoms with Crippen LogP contribution >= 0.6 is 0 Å². The fraction of sp³-hybridized carbons (Fsp3) is 0.882. The van der Waals surface area contributed by atoms with E-state index in [9.17, 15) is 0 Å². The average Bonchev–Trinajstić information content (AvgIpc) is 2.38. The van der Waals surface area contributed by atoms with E-state index in [1.807, 2.05) is 0 Å². The molecule has 4 fully saturated rings. The molecule has 106 valence electrons. The normalized spacial score (nSPS) is 45.7. The Hall–Kier alpha value is -0.500. The van der Waals surface area contributed by atoms with Gasteiger partial charge in [0.05, 0.1) is 12.9 Å². The van der Waals surface area contributed by atoms with Crippen molar-refractivity contribution < 1.29 is 4.74 Å². The first kappa shape index (κ1) is 12.3. The highest BCUT2D eigenvalue weighted by atomic mass is 16.5. The predicted molar refractivity (Wildman–Crippen MR) is 76.7 cm³/mol. The second-order valence-electron chi connectivity index (χ2n) is 7.67. The highest BCUT2D eigenvalue weighted by molar-refractivity contribution is 5.19. The zero-order valence-corrected chi connectivity index (χ0v) is 12.2. The van der Waals surface area contributed by atoms with Gasteiger partial charge in [-0.3, -0.25) is 0 Å². The van der Waals surface area contributed by atoms with Crippen molar-refractivity contribution in [2.45, 2.75) is 57.4 Å². The van der Waals surface area contributed by atoms with Gasteiger partial charge in [-0.1, -0.05) is 0 Å². The maximum atomic E-state index is 5.63. The van der Waals surface area contributed by atoms with Gasteiger partial charge >= 0.3 is 0 Å². The SMILES string of the molecule is CNC(C1=COCCC1)C12CC3CC(CC(C3)C1)C2. The van der Waals surface area contributed by atoms with Gasteiger partial charge in [-0.05, 0) is 87.2 Å². The molecule has 0 amide bonds. The fourth-order valence-electron chi connectivity index (χ4n) is 6.21. The van der Waals surface area contributed by atoms with Crippen LogP contribution in [0.25, 0.3) is 0 Å². The zero-order valence-electron chi connectivity index (χ0n) is 12.2. The average molecular weight is 261 g/mol. The minimum absolute atomic E-state index is 0.566. The number of ether oxygens (including phenoxy) is 1. The van der Waals surface area contributed by atoms with Crippen molar-refractivity contribution in [2.75, 3.05) is 13.7 Å². The number of hydrogen-bond donors (Lipinski definition) is 1. The molecular weight excluding hydrogens is 234 g/mol. The van der Waals surface area contributed by atoms with Crippen LogP contribution in [0.4, 0.5) is 0 Å². The van der Waals surface area contributed by atoms with E-state index in [4.69, 9.17) is 4.74 Å². The Balaban J connectivity index is 1.63. The lowest BCUT2D eigenvalue weighted by Crippen LogP contribution is -2.56. The molecule has 1 atom stereocenters. The molecule has 4 aliphatic carbocycles. The molecule has 2 nitrogen and oxygen atoms in total. The molecule has 0 aromatic rings. The van der Waals surface area contributed by atoms with Crippen LogP contribution in [0, 0.1) is 23.2 Å². The third-order valence-corrected chi connectivity index (χ3v) is 6.32. The van der Waals surface area contributed by atoms with Crippen molar-refractivity contribution in [3.8, 4) is 0 Å². The van der Waals surface area contributed by atoms with Gasteiger partial charge in [0.1, 0.15) is 0 Å². The van der Waals surface area contributed by atoms with Gasteiger partial charge in [-0.2, -0.15) is 0 Å².